The Kier molecular flexibility index (Phi) is 5.16. The van der Waals surface area contributed by atoms with Crippen molar-refractivity contribution in [2.45, 2.75) is 36.3 Å². The van der Waals surface area contributed by atoms with Crippen molar-refractivity contribution in [3.63, 3.8) is 0 Å². The van der Waals surface area contributed by atoms with Crippen LogP contribution in [-0.2, 0) is 24.6 Å². The van der Waals surface area contributed by atoms with Gasteiger partial charge in [-0.2, -0.15) is 4.31 Å². The first-order valence-electron chi connectivity index (χ1n) is 7.98. The van der Waals surface area contributed by atoms with Gasteiger partial charge in [0, 0.05) is 19.2 Å². The maximum absolute atomic E-state index is 13.5. The summed E-state index contributed by atoms with van der Waals surface area (Å²) < 4.78 is 82.7. The summed E-state index contributed by atoms with van der Waals surface area (Å²) >= 11 is 0. The fourth-order valence-electron chi connectivity index (χ4n) is 3.21. The van der Waals surface area contributed by atoms with Crippen molar-refractivity contribution < 1.29 is 30.4 Å². The first-order chi connectivity index (χ1) is 11.7. The molecule has 0 N–H and O–H groups in total. The summed E-state index contributed by atoms with van der Waals surface area (Å²) in [6, 6.07) is 1.63. The zero-order valence-electron chi connectivity index (χ0n) is 13.4. The van der Waals surface area contributed by atoms with E-state index >= 15 is 0 Å². The number of nitrogens with zero attached hydrogens (tertiary/aromatic N) is 1. The minimum absolute atomic E-state index is 0.00150. The molecule has 0 aromatic heterocycles. The molecular formula is C15H19F2NO5S2. The average Bonchev–Trinajstić information content (AvgIpc) is 3.16. The van der Waals surface area contributed by atoms with Crippen LogP contribution in [0, 0.1) is 11.6 Å². The van der Waals surface area contributed by atoms with E-state index in [1.54, 1.807) is 0 Å². The molecule has 0 spiro atoms. The van der Waals surface area contributed by atoms with E-state index in [0.717, 1.165) is 22.9 Å². The molecule has 0 radical (unpaired) electrons. The molecule has 2 atom stereocenters. The SMILES string of the molecule is O=S1(=O)CC[C@@H](N(C[C@H]2CCCO2)S(=O)(=O)c2ccc(F)c(F)c2)C1. The summed E-state index contributed by atoms with van der Waals surface area (Å²) in [4.78, 5) is -0.395. The molecule has 2 saturated heterocycles. The van der Waals surface area contributed by atoms with E-state index in [1.807, 2.05) is 0 Å². The first kappa shape index (κ1) is 18.7. The first-order valence-corrected chi connectivity index (χ1v) is 11.2. The van der Waals surface area contributed by atoms with E-state index in [4.69, 9.17) is 4.74 Å². The molecule has 2 aliphatic rings. The zero-order valence-corrected chi connectivity index (χ0v) is 15.0. The molecule has 140 valence electrons. The van der Waals surface area contributed by atoms with Crippen LogP contribution in [0.25, 0.3) is 0 Å². The molecule has 1 aromatic rings. The molecule has 0 aliphatic carbocycles. The summed E-state index contributed by atoms with van der Waals surface area (Å²) in [6.07, 6.45) is 1.32. The molecule has 2 heterocycles. The van der Waals surface area contributed by atoms with Crippen molar-refractivity contribution in [1.29, 1.82) is 0 Å². The van der Waals surface area contributed by atoms with E-state index in [9.17, 15) is 25.6 Å². The molecule has 2 aliphatic heterocycles. The number of sulfonamides is 1. The second-order valence-electron chi connectivity index (χ2n) is 6.34. The normalized spacial score (nSPS) is 26.4. The lowest BCUT2D eigenvalue weighted by Gasteiger charge is -2.29. The van der Waals surface area contributed by atoms with Gasteiger partial charge < -0.3 is 4.74 Å². The summed E-state index contributed by atoms with van der Waals surface area (Å²) in [5.74, 6) is -2.78. The number of hydrogen-bond donors (Lipinski definition) is 0. The number of benzene rings is 1. The smallest absolute Gasteiger partial charge is 0.243 e. The molecular weight excluding hydrogens is 376 g/mol. The molecule has 0 saturated carbocycles. The van der Waals surface area contributed by atoms with E-state index in [-0.39, 0.29) is 30.6 Å². The highest BCUT2D eigenvalue weighted by Crippen LogP contribution is 2.28. The van der Waals surface area contributed by atoms with Crippen molar-refractivity contribution >= 4 is 19.9 Å². The zero-order chi connectivity index (χ0) is 18.2. The van der Waals surface area contributed by atoms with E-state index in [2.05, 4.69) is 0 Å². The maximum atomic E-state index is 13.5. The Bertz CT molecular complexity index is 851. The van der Waals surface area contributed by atoms with Crippen LogP contribution in [-0.4, -0.2) is 57.9 Å². The Labute approximate surface area is 145 Å². The molecule has 10 heteroatoms. The summed E-state index contributed by atoms with van der Waals surface area (Å²) in [5, 5.41) is 0. The van der Waals surface area contributed by atoms with Gasteiger partial charge in [0.05, 0.1) is 22.5 Å². The predicted octanol–water partition coefficient (Wildman–Crippen LogP) is 1.32. The maximum Gasteiger partial charge on any atom is 0.243 e. The van der Waals surface area contributed by atoms with Crippen LogP contribution >= 0.6 is 0 Å². The minimum Gasteiger partial charge on any atom is -0.377 e. The van der Waals surface area contributed by atoms with Crippen molar-refractivity contribution in [3.8, 4) is 0 Å². The van der Waals surface area contributed by atoms with E-state index in [0.29, 0.717) is 19.1 Å². The molecule has 1 aromatic carbocycles. The van der Waals surface area contributed by atoms with Crippen LogP contribution in [0.4, 0.5) is 8.78 Å². The topological polar surface area (TPSA) is 80.8 Å². The molecule has 6 nitrogen and oxygen atoms in total. The van der Waals surface area contributed by atoms with Gasteiger partial charge in [-0.3, -0.25) is 0 Å². The van der Waals surface area contributed by atoms with Gasteiger partial charge in [0.15, 0.2) is 21.5 Å². The number of sulfone groups is 1. The van der Waals surface area contributed by atoms with Gasteiger partial charge in [0.2, 0.25) is 10.0 Å². The molecule has 3 rings (SSSR count). The predicted molar refractivity (Wildman–Crippen MR) is 86.3 cm³/mol. The van der Waals surface area contributed by atoms with Crippen LogP contribution in [0.2, 0.25) is 0 Å². The van der Waals surface area contributed by atoms with Gasteiger partial charge in [0.25, 0.3) is 0 Å². The largest absolute Gasteiger partial charge is 0.377 e. The van der Waals surface area contributed by atoms with Crippen LogP contribution in [0.5, 0.6) is 0 Å². The second-order valence-corrected chi connectivity index (χ2v) is 10.5. The minimum atomic E-state index is -4.18. The van der Waals surface area contributed by atoms with Gasteiger partial charge in [-0.05, 0) is 37.5 Å². The quantitative estimate of drug-likeness (QED) is 0.751. The third kappa shape index (κ3) is 4.02. The number of halogens is 2. The fraction of sp³-hybridized carbons (Fsp3) is 0.600. The second kappa shape index (κ2) is 6.90. The van der Waals surface area contributed by atoms with Crippen molar-refractivity contribution in [2.75, 3.05) is 24.7 Å². The van der Waals surface area contributed by atoms with Gasteiger partial charge >= 0.3 is 0 Å². The Hall–Kier alpha value is -1.10. The highest BCUT2D eigenvalue weighted by Gasteiger charge is 2.40. The number of rotatable bonds is 5. The summed E-state index contributed by atoms with van der Waals surface area (Å²) in [7, 11) is -7.49. The Morgan fingerprint density at radius 2 is 1.96 bits per heavy atom. The summed E-state index contributed by atoms with van der Waals surface area (Å²) in [6.45, 7) is 0.522. The number of ether oxygens (including phenoxy) is 1. The highest BCUT2D eigenvalue weighted by atomic mass is 32.2. The summed E-state index contributed by atoms with van der Waals surface area (Å²) in [5.41, 5.74) is 0. The fourth-order valence-corrected chi connectivity index (χ4v) is 6.73. The molecule has 25 heavy (non-hydrogen) atoms. The van der Waals surface area contributed by atoms with Gasteiger partial charge in [-0.15, -0.1) is 0 Å². The monoisotopic (exact) mass is 395 g/mol. The van der Waals surface area contributed by atoms with Crippen molar-refractivity contribution in [2.24, 2.45) is 0 Å². The lowest BCUT2D eigenvalue weighted by molar-refractivity contribution is 0.0877. The van der Waals surface area contributed by atoms with Gasteiger partial charge in [-0.25, -0.2) is 25.6 Å². The number of hydrogen-bond acceptors (Lipinski definition) is 5. The molecule has 2 fully saturated rings. The Morgan fingerprint density at radius 1 is 1.20 bits per heavy atom. The van der Waals surface area contributed by atoms with Gasteiger partial charge in [0.1, 0.15) is 0 Å². The molecule has 0 bridgehead atoms. The van der Waals surface area contributed by atoms with Gasteiger partial charge in [-0.1, -0.05) is 0 Å². The third-order valence-electron chi connectivity index (χ3n) is 4.52. The van der Waals surface area contributed by atoms with Crippen molar-refractivity contribution in [3.05, 3.63) is 29.8 Å². The average molecular weight is 395 g/mol. The lowest BCUT2D eigenvalue weighted by Crippen LogP contribution is -2.45. The van der Waals surface area contributed by atoms with Crippen LogP contribution in [0.15, 0.2) is 23.1 Å². The van der Waals surface area contributed by atoms with Crippen LogP contribution in [0.1, 0.15) is 19.3 Å². The Morgan fingerprint density at radius 3 is 2.52 bits per heavy atom. The van der Waals surface area contributed by atoms with Crippen LogP contribution in [0.3, 0.4) is 0 Å². The highest BCUT2D eigenvalue weighted by molar-refractivity contribution is 7.92. The molecule has 0 amide bonds. The standard InChI is InChI=1S/C15H19F2NO5S2/c16-14-4-3-13(8-15(14)17)25(21,22)18(9-12-2-1-6-23-12)11-5-7-24(19,20)10-11/h3-4,8,11-12H,1-2,5-7,9-10H2/t11-,12-/m1/s1. The Balaban J connectivity index is 1.95. The van der Waals surface area contributed by atoms with E-state index < -0.39 is 42.4 Å². The third-order valence-corrected chi connectivity index (χ3v) is 8.19. The van der Waals surface area contributed by atoms with Crippen molar-refractivity contribution in [1.82, 2.24) is 4.31 Å². The molecule has 0 unspecified atom stereocenters. The van der Waals surface area contributed by atoms with E-state index in [1.165, 1.54) is 0 Å². The van der Waals surface area contributed by atoms with Crippen LogP contribution < -0.4 is 0 Å². The lowest BCUT2D eigenvalue weighted by atomic mass is 10.2.